The van der Waals surface area contributed by atoms with Gasteiger partial charge in [-0.05, 0) is 57.8 Å². The molecule has 122 valence electrons. The van der Waals surface area contributed by atoms with Crippen molar-refractivity contribution in [3.8, 4) is 0 Å². The fourth-order valence-electron chi connectivity index (χ4n) is 4.44. The third-order valence-corrected chi connectivity index (χ3v) is 6.21. The Kier molecular flexibility index (Phi) is 4.49. The Hall–Kier alpha value is -1.03. The van der Waals surface area contributed by atoms with Crippen LogP contribution in [0.4, 0.5) is 0 Å². The number of rotatable bonds is 5. The Labute approximate surface area is 137 Å². The first kappa shape index (κ1) is 15.9. The van der Waals surface area contributed by atoms with Crippen molar-refractivity contribution in [1.82, 2.24) is 15.1 Å². The number of aromatic nitrogens is 2. The monoisotopic (exact) mass is 323 g/mol. The van der Waals surface area contributed by atoms with Crippen molar-refractivity contribution >= 4 is 17.5 Å². The van der Waals surface area contributed by atoms with E-state index >= 15 is 0 Å². The minimum atomic E-state index is 0.124. The van der Waals surface area contributed by atoms with Crippen LogP contribution in [-0.2, 0) is 11.3 Å². The van der Waals surface area contributed by atoms with Gasteiger partial charge in [0, 0.05) is 12.5 Å². The summed E-state index contributed by atoms with van der Waals surface area (Å²) in [5, 5.41) is 8.28. The zero-order valence-corrected chi connectivity index (χ0v) is 14.5. The minimum Gasteiger partial charge on any atom is -0.353 e. The average molecular weight is 324 g/mol. The lowest BCUT2D eigenvalue weighted by Crippen LogP contribution is -2.40. The van der Waals surface area contributed by atoms with E-state index in [1.165, 1.54) is 25.7 Å². The van der Waals surface area contributed by atoms with E-state index in [0.717, 1.165) is 23.2 Å². The van der Waals surface area contributed by atoms with Crippen molar-refractivity contribution in [3.05, 3.63) is 16.4 Å². The number of hydrogen-bond acceptors (Lipinski definition) is 2. The molecule has 0 saturated heterocycles. The van der Waals surface area contributed by atoms with E-state index in [9.17, 15) is 4.79 Å². The van der Waals surface area contributed by atoms with Gasteiger partial charge in [0.25, 0.3) is 0 Å². The number of fused-ring (bicyclic) bond motifs is 2. The van der Waals surface area contributed by atoms with Crippen molar-refractivity contribution in [3.63, 3.8) is 0 Å². The lowest BCUT2D eigenvalue weighted by atomic mass is 9.84. The molecule has 0 aliphatic heterocycles. The molecule has 3 rings (SSSR count). The molecule has 4 nitrogen and oxygen atoms in total. The normalized spacial score (nSPS) is 28.1. The average Bonchev–Trinajstić information content (AvgIpc) is 3.17. The molecule has 1 heterocycles. The lowest BCUT2D eigenvalue weighted by molar-refractivity contribution is -0.122. The number of nitrogens with one attached hydrogen (secondary N) is 1. The van der Waals surface area contributed by atoms with Crippen LogP contribution in [0.25, 0.3) is 0 Å². The van der Waals surface area contributed by atoms with Crippen molar-refractivity contribution < 1.29 is 4.79 Å². The highest BCUT2D eigenvalue weighted by molar-refractivity contribution is 6.31. The highest BCUT2D eigenvalue weighted by atomic mass is 35.5. The zero-order valence-electron chi connectivity index (χ0n) is 13.7. The standard InChI is InChI=1S/C17H26ClN3O/c1-10(15-9-13-4-5-14(15)8-13)19-16(22)6-7-21-12(3)17(18)11(2)20-21/h10,13-15H,4-9H2,1-3H3,(H,19,22)/t10-,13+,14+,15+/m0/s1. The summed E-state index contributed by atoms with van der Waals surface area (Å²) in [5.41, 5.74) is 1.77. The molecule has 22 heavy (non-hydrogen) atoms. The molecule has 2 saturated carbocycles. The fourth-order valence-corrected chi connectivity index (χ4v) is 4.58. The number of carbonyl (C=O) groups excluding carboxylic acids is 1. The maximum Gasteiger partial charge on any atom is 0.222 e. The first-order chi connectivity index (χ1) is 10.5. The highest BCUT2D eigenvalue weighted by Crippen LogP contribution is 2.49. The predicted octanol–water partition coefficient (Wildman–Crippen LogP) is 3.48. The molecule has 0 unspecified atom stereocenters. The molecule has 2 aliphatic carbocycles. The number of carbonyl (C=O) groups is 1. The van der Waals surface area contributed by atoms with Crippen LogP contribution in [0, 0.1) is 31.6 Å². The molecule has 1 aromatic heterocycles. The van der Waals surface area contributed by atoms with Crippen molar-refractivity contribution in [2.24, 2.45) is 17.8 Å². The summed E-state index contributed by atoms with van der Waals surface area (Å²) < 4.78 is 1.83. The fraction of sp³-hybridized carbons (Fsp3) is 0.765. The van der Waals surface area contributed by atoms with Gasteiger partial charge in [0.1, 0.15) is 0 Å². The molecule has 1 aromatic rings. The molecule has 5 heteroatoms. The molecular weight excluding hydrogens is 298 g/mol. The largest absolute Gasteiger partial charge is 0.353 e. The number of halogens is 1. The smallest absolute Gasteiger partial charge is 0.222 e. The van der Waals surface area contributed by atoms with Gasteiger partial charge in [-0.1, -0.05) is 18.0 Å². The molecule has 0 aromatic carbocycles. The van der Waals surface area contributed by atoms with Gasteiger partial charge in [0.05, 0.1) is 23.0 Å². The zero-order chi connectivity index (χ0) is 15.9. The van der Waals surface area contributed by atoms with E-state index in [1.54, 1.807) is 0 Å². The van der Waals surface area contributed by atoms with Gasteiger partial charge < -0.3 is 5.32 Å². The first-order valence-electron chi connectivity index (χ1n) is 8.44. The van der Waals surface area contributed by atoms with Crippen LogP contribution >= 0.6 is 11.6 Å². The summed E-state index contributed by atoms with van der Waals surface area (Å²) in [6, 6.07) is 0.298. The highest BCUT2D eigenvalue weighted by Gasteiger charge is 2.42. The quantitative estimate of drug-likeness (QED) is 0.901. The number of aryl methyl sites for hydroxylation is 2. The molecule has 0 spiro atoms. The molecule has 1 N–H and O–H groups in total. The summed E-state index contributed by atoms with van der Waals surface area (Å²) in [6.07, 6.45) is 5.91. The molecule has 2 bridgehead atoms. The maximum atomic E-state index is 12.2. The molecule has 4 atom stereocenters. The van der Waals surface area contributed by atoms with Crippen LogP contribution in [-0.4, -0.2) is 21.7 Å². The Bertz CT molecular complexity index is 568. The van der Waals surface area contributed by atoms with Gasteiger partial charge in [0.15, 0.2) is 0 Å². The third kappa shape index (κ3) is 3.03. The molecule has 2 fully saturated rings. The lowest BCUT2D eigenvalue weighted by Gasteiger charge is -2.28. The van der Waals surface area contributed by atoms with Gasteiger partial charge in [-0.15, -0.1) is 0 Å². The summed E-state index contributed by atoms with van der Waals surface area (Å²) in [7, 11) is 0. The Morgan fingerprint density at radius 3 is 2.73 bits per heavy atom. The van der Waals surface area contributed by atoms with E-state index in [1.807, 2.05) is 18.5 Å². The Morgan fingerprint density at radius 2 is 2.18 bits per heavy atom. The van der Waals surface area contributed by atoms with E-state index in [2.05, 4.69) is 17.3 Å². The second-order valence-corrected chi connectivity index (χ2v) is 7.53. The van der Waals surface area contributed by atoms with Crippen molar-refractivity contribution in [1.29, 1.82) is 0 Å². The Morgan fingerprint density at radius 1 is 1.41 bits per heavy atom. The van der Waals surface area contributed by atoms with E-state index in [-0.39, 0.29) is 5.91 Å². The SMILES string of the molecule is Cc1nn(CCC(=O)N[C@@H](C)[C@H]2C[C@@H]3CC[C@@H]2C3)c(C)c1Cl. The topological polar surface area (TPSA) is 46.9 Å². The van der Waals surface area contributed by atoms with Crippen LogP contribution < -0.4 is 5.32 Å². The van der Waals surface area contributed by atoms with Crippen LogP contribution in [0.3, 0.4) is 0 Å². The van der Waals surface area contributed by atoms with Crippen LogP contribution in [0.2, 0.25) is 5.02 Å². The van der Waals surface area contributed by atoms with Gasteiger partial charge >= 0.3 is 0 Å². The summed E-state index contributed by atoms with van der Waals surface area (Å²) >= 11 is 6.14. The maximum absolute atomic E-state index is 12.2. The second kappa shape index (κ2) is 6.23. The van der Waals surface area contributed by atoms with Crippen LogP contribution in [0.15, 0.2) is 0 Å². The van der Waals surface area contributed by atoms with E-state index in [0.29, 0.717) is 29.9 Å². The number of nitrogens with zero attached hydrogens (tertiary/aromatic N) is 2. The third-order valence-electron chi connectivity index (χ3n) is 5.67. The predicted molar refractivity (Wildman–Crippen MR) is 87.9 cm³/mol. The minimum absolute atomic E-state index is 0.124. The number of hydrogen-bond donors (Lipinski definition) is 1. The Balaban J connectivity index is 1.49. The second-order valence-electron chi connectivity index (χ2n) is 7.15. The van der Waals surface area contributed by atoms with Crippen molar-refractivity contribution in [2.45, 2.75) is 65.5 Å². The summed E-state index contributed by atoms with van der Waals surface area (Å²) in [4.78, 5) is 12.2. The molecule has 2 aliphatic rings. The van der Waals surface area contributed by atoms with Gasteiger partial charge in [-0.3, -0.25) is 9.48 Å². The molecule has 0 radical (unpaired) electrons. The van der Waals surface area contributed by atoms with Crippen LogP contribution in [0.5, 0.6) is 0 Å². The molecular formula is C17H26ClN3O. The molecule has 1 amide bonds. The van der Waals surface area contributed by atoms with Crippen LogP contribution in [0.1, 0.15) is 50.4 Å². The summed E-state index contributed by atoms with van der Waals surface area (Å²) in [5.74, 6) is 2.58. The van der Waals surface area contributed by atoms with E-state index in [4.69, 9.17) is 11.6 Å². The van der Waals surface area contributed by atoms with Gasteiger partial charge in [0.2, 0.25) is 5.91 Å². The van der Waals surface area contributed by atoms with E-state index < -0.39 is 0 Å². The van der Waals surface area contributed by atoms with Crippen molar-refractivity contribution in [2.75, 3.05) is 0 Å². The first-order valence-corrected chi connectivity index (χ1v) is 8.82. The summed E-state index contributed by atoms with van der Waals surface area (Å²) in [6.45, 7) is 6.60. The van der Waals surface area contributed by atoms with Gasteiger partial charge in [-0.2, -0.15) is 5.10 Å². The van der Waals surface area contributed by atoms with Gasteiger partial charge in [-0.25, -0.2) is 0 Å². The number of amides is 1.